The molecule has 0 N–H and O–H groups in total. The lowest BCUT2D eigenvalue weighted by atomic mass is 10.3. The molecule has 0 aromatic heterocycles. The van der Waals surface area contributed by atoms with Crippen molar-refractivity contribution in [2.75, 3.05) is 6.61 Å². The lowest BCUT2D eigenvalue weighted by Gasteiger charge is -2.05. The van der Waals surface area contributed by atoms with Gasteiger partial charge >= 0.3 is 11.9 Å². The number of Topliss-reactive ketones (excluding diaryl/α,β-unsaturated/α-hetero) is 1. The molecule has 0 aliphatic rings. The first kappa shape index (κ1) is 13.1. The van der Waals surface area contributed by atoms with Gasteiger partial charge in [0.15, 0.2) is 0 Å². The summed E-state index contributed by atoms with van der Waals surface area (Å²) in [7, 11) is 0. The fraction of sp³-hybridized carbons (Fsp3) is 0.300. The molecule has 0 aromatic carbocycles. The minimum absolute atomic E-state index is 0.00210. The van der Waals surface area contributed by atoms with Gasteiger partial charge in [-0.1, -0.05) is 12.7 Å². The molecule has 0 aliphatic heterocycles. The predicted octanol–water partition coefficient (Wildman–Crippen LogP) is 0.752. The van der Waals surface area contributed by atoms with Gasteiger partial charge in [0, 0.05) is 0 Å². The molecule has 5 heteroatoms. The van der Waals surface area contributed by atoms with E-state index in [9.17, 15) is 14.4 Å². The molecule has 0 bridgehead atoms. The highest BCUT2D eigenvalue weighted by atomic mass is 16.6. The number of hydrogen-bond donors (Lipinski definition) is 0. The number of ether oxygens (including phenoxy) is 2. The Morgan fingerprint density at radius 3 is 2.40 bits per heavy atom. The molecule has 0 spiro atoms. The number of hydrogen-bond acceptors (Lipinski definition) is 5. The van der Waals surface area contributed by atoms with E-state index in [1.54, 1.807) is 0 Å². The van der Waals surface area contributed by atoms with Crippen LogP contribution in [0.5, 0.6) is 0 Å². The third kappa shape index (κ3) is 6.20. The summed E-state index contributed by atoms with van der Waals surface area (Å²) in [5.41, 5.74) is 0. The lowest BCUT2D eigenvalue weighted by Crippen LogP contribution is -2.15. The van der Waals surface area contributed by atoms with Crippen molar-refractivity contribution in [2.24, 2.45) is 0 Å². The van der Waals surface area contributed by atoms with Gasteiger partial charge in [0.1, 0.15) is 18.8 Å². The van der Waals surface area contributed by atoms with Gasteiger partial charge in [0.05, 0.1) is 0 Å². The zero-order valence-electron chi connectivity index (χ0n) is 8.45. The molecule has 0 heterocycles. The van der Waals surface area contributed by atoms with Crippen LogP contribution in [0.2, 0.25) is 0 Å². The standard InChI is InChI=1S/C10H12O5/c1-4-5-14-10(13)8(3)15-9(12)6-7(2)11/h4H,1,3,5-6H2,2H3. The van der Waals surface area contributed by atoms with Gasteiger partial charge < -0.3 is 9.47 Å². The van der Waals surface area contributed by atoms with Crippen LogP contribution in [0.15, 0.2) is 25.0 Å². The van der Waals surface area contributed by atoms with Gasteiger partial charge in [0.2, 0.25) is 5.76 Å². The number of esters is 2. The summed E-state index contributed by atoms with van der Waals surface area (Å²) in [6.45, 7) is 7.76. The van der Waals surface area contributed by atoms with Crippen LogP contribution in [-0.4, -0.2) is 24.3 Å². The van der Waals surface area contributed by atoms with Crippen LogP contribution in [0.25, 0.3) is 0 Å². The molecule has 0 amide bonds. The maximum Gasteiger partial charge on any atom is 0.374 e. The van der Waals surface area contributed by atoms with Crippen molar-refractivity contribution in [3.05, 3.63) is 25.0 Å². The highest BCUT2D eigenvalue weighted by Crippen LogP contribution is 2.00. The molecule has 0 atom stereocenters. The SMILES string of the molecule is C=CCOC(=O)C(=C)OC(=O)CC(C)=O. The number of carbonyl (C=O) groups is 3. The first-order valence-corrected chi connectivity index (χ1v) is 4.14. The van der Waals surface area contributed by atoms with Gasteiger partial charge in [-0.25, -0.2) is 4.79 Å². The monoisotopic (exact) mass is 212 g/mol. The topological polar surface area (TPSA) is 69.7 Å². The molecular weight excluding hydrogens is 200 g/mol. The number of rotatable bonds is 6. The molecule has 5 nitrogen and oxygen atoms in total. The van der Waals surface area contributed by atoms with Crippen molar-refractivity contribution < 1.29 is 23.9 Å². The van der Waals surface area contributed by atoms with Crippen LogP contribution >= 0.6 is 0 Å². The zero-order valence-corrected chi connectivity index (χ0v) is 8.45. The van der Waals surface area contributed by atoms with Gasteiger partial charge in [0.25, 0.3) is 0 Å². The second-order valence-corrected chi connectivity index (χ2v) is 2.66. The molecule has 0 aromatic rings. The largest absolute Gasteiger partial charge is 0.456 e. The van der Waals surface area contributed by atoms with Crippen molar-refractivity contribution in [3.63, 3.8) is 0 Å². The Kier molecular flexibility index (Phi) is 5.70. The van der Waals surface area contributed by atoms with E-state index in [1.807, 2.05) is 0 Å². The van der Waals surface area contributed by atoms with Crippen molar-refractivity contribution >= 4 is 17.7 Å². The van der Waals surface area contributed by atoms with Crippen LogP contribution in [0, 0.1) is 0 Å². The quantitative estimate of drug-likeness (QED) is 0.214. The Hall–Kier alpha value is -1.91. The van der Waals surface area contributed by atoms with Crippen LogP contribution in [-0.2, 0) is 23.9 Å². The van der Waals surface area contributed by atoms with Gasteiger partial charge in [-0.05, 0) is 13.5 Å². The summed E-state index contributed by atoms with van der Waals surface area (Å²) in [6, 6.07) is 0. The summed E-state index contributed by atoms with van der Waals surface area (Å²) < 4.78 is 9.00. The number of carbonyl (C=O) groups excluding carboxylic acids is 3. The minimum atomic E-state index is -0.855. The smallest absolute Gasteiger partial charge is 0.374 e. The Bertz CT molecular complexity index is 303. The Labute approximate surface area is 87.4 Å². The normalized spacial score (nSPS) is 8.87. The van der Waals surface area contributed by atoms with E-state index in [-0.39, 0.29) is 12.4 Å². The third-order valence-electron chi connectivity index (χ3n) is 1.19. The van der Waals surface area contributed by atoms with E-state index in [0.717, 1.165) is 0 Å². The van der Waals surface area contributed by atoms with Crippen LogP contribution in [0.1, 0.15) is 13.3 Å². The molecule has 82 valence electrons. The first-order valence-electron chi connectivity index (χ1n) is 4.14. The Morgan fingerprint density at radius 2 is 1.93 bits per heavy atom. The highest BCUT2D eigenvalue weighted by molar-refractivity contribution is 5.96. The first-order chi connectivity index (χ1) is 6.97. The van der Waals surface area contributed by atoms with E-state index in [1.165, 1.54) is 13.0 Å². The fourth-order valence-electron chi connectivity index (χ4n) is 0.634. The average molecular weight is 212 g/mol. The second kappa shape index (κ2) is 6.53. The van der Waals surface area contributed by atoms with Gasteiger partial charge in [-0.2, -0.15) is 0 Å². The predicted molar refractivity (Wildman–Crippen MR) is 51.7 cm³/mol. The summed E-state index contributed by atoms with van der Waals surface area (Å²) in [5, 5.41) is 0. The van der Waals surface area contributed by atoms with E-state index < -0.39 is 24.1 Å². The maximum absolute atomic E-state index is 11.0. The minimum Gasteiger partial charge on any atom is -0.456 e. The molecule has 0 saturated carbocycles. The molecule has 0 saturated heterocycles. The van der Waals surface area contributed by atoms with Gasteiger partial charge in [-0.15, -0.1) is 0 Å². The third-order valence-corrected chi connectivity index (χ3v) is 1.19. The molecule has 0 fully saturated rings. The summed E-state index contributed by atoms with van der Waals surface area (Å²) in [4.78, 5) is 32.4. The molecule has 0 rings (SSSR count). The van der Waals surface area contributed by atoms with E-state index in [0.29, 0.717) is 0 Å². The molecular formula is C10H12O5. The molecule has 15 heavy (non-hydrogen) atoms. The van der Waals surface area contributed by atoms with E-state index >= 15 is 0 Å². The molecule has 0 unspecified atom stereocenters. The lowest BCUT2D eigenvalue weighted by molar-refractivity contribution is -0.151. The van der Waals surface area contributed by atoms with Crippen molar-refractivity contribution in [2.45, 2.75) is 13.3 Å². The Balaban J connectivity index is 4.01. The fourth-order valence-corrected chi connectivity index (χ4v) is 0.634. The summed E-state index contributed by atoms with van der Waals surface area (Å²) in [5.74, 6) is -2.48. The average Bonchev–Trinajstić information content (AvgIpc) is 2.12. The zero-order chi connectivity index (χ0) is 11.8. The maximum atomic E-state index is 11.0. The van der Waals surface area contributed by atoms with E-state index in [4.69, 9.17) is 0 Å². The highest BCUT2D eigenvalue weighted by Gasteiger charge is 2.15. The van der Waals surface area contributed by atoms with Crippen molar-refractivity contribution in [3.8, 4) is 0 Å². The van der Waals surface area contributed by atoms with Crippen LogP contribution in [0.3, 0.4) is 0 Å². The van der Waals surface area contributed by atoms with Crippen LogP contribution < -0.4 is 0 Å². The molecule has 0 aliphatic carbocycles. The van der Waals surface area contributed by atoms with E-state index in [2.05, 4.69) is 22.6 Å². The number of ketones is 1. The van der Waals surface area contributed by atoms with Crippen molar-refractivity contribution in [1.29, 1.82) is 0 Å². The van der Waals surface area contributed by atoms with Crippen LogP contribution in [0.4, 0.5) is 0 Å². The second-order valence-electron chi connectivity index (χ2n) is 2.66. The van der Waals surface area contributed by atoms with Crippen molar-refractivity contribution in [1.82, 2.24) is 0 Å². The summed E-state index contributed by atoms with van der Waals surface area (Å²) in [6.07, 6.45) is 0.969. The Morgan fingerprint density at radius 1 is 1.33 bits per heavy atom. The summed E-state index contributed by atoms with van der Waals surface area (Å²) >= 11 is 0. The molecule has 0 radical (unpaired) electrons. The van der Waals surface area contributed by atoms with Gasteiger partial charge in [-0.3, -0.25) is 9.59 Å².